The van der Waals surface area contributed by atoms with E-state index in [-0.39, 0.29) is 17.9 Å². The summed E-state index contributed by atoms with van der Waals surface area (Å²) in [6.45, 7) is 6.14. The Morgan fingerprint density at radius 2 is 1.95 bits per heavy atom. The molecule has 0 spiro atoms. The van der Waals surface area contributed by atoms with Crippen LogP contribution in [0.2, 0.25) is 0 Å². The first kappa shape index (κ1) is 14.0. The fourth-order valence-corrected chi connectivity index (χ4v) is 2.48. The molecular formula is C16H21FO2. The molecule has 1 aromatic rings. The van der Waals surface area contributed by atoms with Crippen LogP contribution in [0.15, 0.2) is 18.2 Å². The average Bonchev–Trinajstić information content (AvgIpc) is 2.35. The molecule has 19 heavy (non-hydrogen) atoms. The van der Waals surface area contributed by atoms with E-state index in [2.05, 4.69) is 13.8 Å². The third-order valence-electron chi connectivity index (χ3n) is 3.95. The molecule has 0 N–H and O–H groups in total. The van der Waals surface area contributed by atoms with Crippen molar-refractivity contribution in [2.75, 3.05) is 0 Å². The first-order valence-corrected chi connectivity index (χ1v) is 6.84. The molecule has 2 rings (SSSR count). The summed E-state index contributed by atoms with van der Waals surface area (Å²) in [5.41, 5.74) is 1.26. The van der Waals surface area contributed by atoms with Gasteiger partial charge < -0.3 is 4.74 Å². The van der Waals surface area contributed by atoms with E-state index in [9.17, 15) is 9.18 Å². The van der Waals surface area contributed by atoms with E-state index in [4.69, 9.17) is 4.74 Å². The molecule has 0 bridgehead atoms. The second-order valence-corrected chi connectivity index (χ2v) is 6.23. The number of esters is 1. The Morgan fingerprint density at radius 3 is 2.53 bits per heavy atom. The highest BCUT2D eigenvalue weighted by molar-refractivity contribution is 5.89. The summed E-state index contributed by atoms with van der Waals surface area (Å²) in [5.74, 6) is -0.635. The Balaban J connectivity index is 1.96. The summed E-state index contributed by atoms with van der Waals surface area (Å²) in [6, 6.07) is 4.35. The second-order valence-electron chi connectivity index (χ2n) is 6.23. The van der Waals surface area contributed by atoms with Gasteiger partial charge in [0.25, 0.3) is 0 Å². The monoisotopic (exact) mass is 264 g/mol. The van der Waals surface area contributed by atoms with Crippen LogP contribution in [-0.2, 0) is 4.74 Å². The Hall–Kier alpha value is -1.38. The number of carbonyl (C=O) groups is 1. The van der Waals surface area contributed by atoms with Crippen molar-refractivity contribution in [3.8, 4) is 0 Å². The van der Waals surface area contributed by atoms with Crippen molar-refractivity contribution in [2.24, 2.45) is 5.41 Å². The van der Waals surface area contributed by atoms with E-state index in [1.807, 2.05) is 0 Å². The van der Waals surface area contributed by atoms with Gasteiger partial charge in [-0.05, 0) is 61.8 Å². The standard InChI is InChI=1S/C16H21FO2/c1-11-10-12(4-5-14(11)17)15(18)19-13-6-8-16(2,3)9-7-13/h4-5,10,13H,6-9H2,1-3H3. The highest BCUT2D eigenvalue weighted by Crippen LogP contribution is 2.36. The molecule has 104 valence electrons. The summed E-state index contributed by atoms with van der Waals surface area (Å²) in [5, 5.41) is 0. The third-order valence-corrected chi connectivity index (χ3v) is 3.95. The van der Waals surface area contributed by atoms with E-state index in [1.54, 1.807) is 13.0 Å². The number of carbonyl (C=O) groups excluding carboxylic acids is 1. The van der Waals surface area contributed by atoms with Crippen molar-refractivity contribution >= 4 is 5.97 Å². The predicted molar refractivity (Wildman–Crippen MR) is 72.6 cm³/mol. The van der Waals surface area contributed by atoms with Gasteiger partial charge in [-0.3, -0.25) is 0 Å². The van der Waals surface area contributed by atoms with Gasteiger partial charge in [0, 0.05) is 0 Å². The Kier molecular flexibility index (Phi) is 3.93. The van der Waals surface area contributed by atoms with E-state index in [0.29, 0.717) is 16.5 Å². The molecule has 0 atom stereocenters. The van der Waals surface area contributed by atoms with Crippen LogP contribution in [0.4, 0.5) is 4.39 Å². The number of benzene rings is 1. The van der Waals surface area contributed by atoms with Gasteiger partial charge in [0.1, 0.15) is 11.9 Å². The number of hydrogen-bond acceptors (Lipinski definition) is 2. The highest BCUT2D eigenvalue weighted by Gasteiger charge is 2.29. The van der Waals surface area contributed by atoms with Crippen LogP contribution in [0.5, 0.6) is 0 Å². The summed E-state index contributed by atoms with van der Waals surface area (Å²) >= 11 is 0. The van der Waals surface area contributed by atoms with Crippen molar-refractivity contribution in [2.45, 2.75) is 52.6 Å². The lowest BCUT2D eigenvalue weighted by Crippen LogP contribution is -2.28. The minimum absolute atomic E-state index is 0.00545. The lowest BCUT2D eigenvalue weighted by atomic mass is 9.76. The second kappa shape index (κ2) is 5.32. The molecule has 0 unspecified atom stereocenters. The number of rotatable bonds is 2. The highest BCUT2D eigenvalue weighted by atomic mass is 19.1. The Morgan fingerprint density at radius 1 is 1.32 bits per heavy atom. The molecule has 1 aliphatic rings. The quantitative estimate of drug-likeness (QED) is 0.746. The minimum atomic E-state index is -0.340. The normalized spacial score (nSPS) is 19.2. The van der Waals surface area contributed by atoms with Gasteiger partial charge in [0.15, 0.2) is 0 Å². The molecule has 3 heteroatoms. The molecule has 0 heterocycles. The molecule has 1 saturated carbocycles. The van der Waals surface area contributed by atoms with Crippen LogP contribution < -0.4 is 0 Å². The van der Waals surface area contributed by atoms with Crippen molar-refractivity contribution in [1.29, 1.82) is 0 Å². The van der Waals surface area contributed by atoms with E-state index in [0.717, 1.165) is 25.7 Å². The topological polar surface area (TPSA) is 26.3 Å². The summed E-state index contributed by atoms with van der Waals surface area (Å²) in [4.78, 5) is 12.0. The van der Waals surface area contributed by atoms with Crippen LogP contribution in [0, 0.1) is 18.2 Å². The van der Waals surface area contributed by atoms with E-state index in [1.165, 1.54) is 12.1 Å². The van der Waals surface area contributed by atoms with Crippen LogP contribution in [0.25, 0.3) is 0 Å². The van der Waals surface area contributed by atoms with E-state index < -0.39 is 0 Å². The van der Waals surface area contributed by atoms with Gasteiger partial charge in [-0.25, -0.2) is 9.18 Å². The van der Waals surface area contributed by atoms with Crippen molar-refractivity contribution < 1.29 is 13.9 Å². The predicted octanol–water partition coefficient (Wildman–Crippen LogP) is 4.26. The molecule has 0 amide bonds. The van der Waals surface area contributed by atoms with E-state index >= 15 is 0 Å². The molecular weight excluding hydrogens is 243 g/mol. The average molecular weight is 264 g/mol. The SMILES string of the molecule is Cc1cc(C(=O)OC2CCC(C)(C)CC2)ccc1F. The fourth-order valence-electron chi connectivity index (χ4n) is 2.48. The minimum Gasteiger partial charge on any atom is -0.459 e. The van der Waals surface area contributed by atoms with Crippen LogP contribution >= 0.6 is 0 Å². The van der Waals surface area contributed by atoms with Gasteiger partial charge in [-0.1, -0.05) is 13.8 Å². The zero-order valence-electron chi connectivity index (χ0n) is 11.8. The molecule has 1 aromatic carbocycles. The van der Waals surface area contributed by atoms with Gasteiger partial charge in [0.05, 0.1) is 5.56 Å². The molecule has 1 fully saturated rings. The zero-order chi connectivity index (χ0) is 14.0. The maximum Gasteiger partial charge on any atom is 0.338 e. The fraction of sp³-hybridized carbons (Fsp3) is 0.562. The van der Waals surface area contributed by atoms with Gasteiger partial charge in [0.2, 0.25) is 0 Å². The van der Waals surface area contributed by atoms with Crippen molar-refractivity contribution in [3.05, 3.63) is 35.1 Å². The van der Waals surface area contributed by atoms with Gasteiger partial charge in [-0.2, -0.15) is 0 Å². The molecule has 0 saturated heterocycles. The number of ether oxygens (including phenoxy) is 1. The first-order chi connectivity index (χ1) is 8.87. The Labute approximate surface area is 114 Å². The third kappa shape index (κ3) is 3.55. The smallest absolute Gasteiger partial charge is 0.338 e. The molecule has 1 aliphatic carbocycles. The molecule has 0 radical (unpaired) electrons. The van der Waals surface area contributed by atoms with Crippen LogP contribution in [0.1, 0.15) is 55.5 Å². The number of halogens is 1. The maximum absolute atomic E-state index is 13.2. The largest absolute Gasteiger partial charge is 0.459 e. The van der Waals surface area contributed by atoms with Crippen LogP contribution in [-0.4, -0.2) is 12.1 Å². The molecule has 2 nitrogen and oxygen atoms in total. The summed E-state index contributed by atoms with van der Waals surface area (Å²) < 4.78 is 18.7. The summed E-state index contributed by atoms with van der Waals surface area (Å²) in [6.07, 6.45) is 3.99. The molecule has 0 aliphatic heterocycles. The first-order valence-electron chi connectivity index (χ1n) is 6.84. The number of hydrogen-bond donors (Lipinski definition) is 0. The lowest BCUT2D eigenvalue weighted by molar-refractivity contribution is 0.00950. The van der Waals surface area contributed by atoms with Crippen LogP contribution in [0.3, 0.4) is 0 Å². The van der Waals surface area contributed by atoms with Gasteiger partial charge >= 0.3 is 5.97 Å². The number of aryl methyl sites for hydroxylation is 1. The summed E-state index contributed by atoms with van der Waals surface area (Å²) in [7, 11) is 0. The zero-order valence-corrected chi connectivity index (χ0v) is 11.8. The maximum atomic E-state index is 13.2. The van der Waals surface area contributed by atoms with Gasteiger partial charge in [-0.15, -0.1) is 0 Å². The Bertz CT molecular complexity index is 470. The molecule has 0 aromatic heterocycles. The lowest BCUT2D eigenvalue weighted by Gasteiger charge is -2.33. The van der Waals surface area contributed by atoms with Crippen molar-refractivity contribution in [3.63, 3.8) is 0 Å². The van der Waals surface area contributed by atoms with Crippen molar-refractivity contribution in [1.82, 2.24) is 0 Å².